The molecule has 31 heavy (non-hydrogen) atoms. The fourth-order valence-corrected chi connectivity index (χ4v) is 3.88. The van der Waals surface area contributed by atoms with Gasteiger partial charge < -0.3 is 15.0 Å². The molecule has 158 valence electrons. The lowest BCUT2D eigenvalue weighted by Gasteiger charge is -2.37. The van der Waals surface area contributed by atoms with Crippen LogP contribution in [0.15, 0.2) is 47.1 Å². The molecule has 1 fully saturated rings. The molecular formula is C22H18F2N4O3. The summed E-state index contributed by atoms with van der Waals surface area (Å²) in [6.07, 6.45) is 3.93. The quantitative estimate of drug-likeness (QED) is 0.801. The molecule has 3 aliphatic heterocycles. The van der Waals surface area contributed by atoms with Crippen LogP contribution in [-0.4, -0.2) is 47.8 Å². The van der Waals surface area contributed by atoms with E-state index < -0.39 is 17.7 Å². The number of urea groups is 1. The van der Waals surface area contributed by atoms with Crippen molar-refractivity contribution in [3.05, 3.63) is 64.7 Å². The molecule has 3 amide bonds. The van der Waals surface area contributed by atoms with Crippen molar-refractivity contribution in [2.24, 2.45) is 5.10 Å². The topological polar surface area (TPSA) is 74.2 Å². The minimum atomic E-state index is -0.685. The molecule has 0 aliphatic carbocycles. The third kappa shape index (κ3) is 3.74. The zero-order valence-electron chi connectivity index (χ0n) is 16.3. The summed E-state index contributed by atoms with van der Waals surface area (Å²) in [5.74, 6) is -0.944. The zero-order valence-corrected chi connectivity index (χ0v) is 16.3. The number of amides is 3. The van der Waals surface area contributed by atoms with E-state index in [1.165, 1.54) is 17.1 Å². The average Bonchev–Trinajstić information content (AvgIpc) is 3.19. The number of ether oxygens (including phenoxy) is 1. The number of anilines is 1. The largest absolute Gasteiger partial charge is 0.482 e. The van der Waals surface area contributed by atoms with E-state index in [1.807, 2.05) is 18.2 Å². The van der Waals surface area contributed by atoms with Crippen LogP contribution in [0.3, 0.4) is 0 Å². The molecule has 0 saturated carbocycles. The predicted molar refractivity (Wildman–Crippen MR) is 110 cm³/mol. The molecule has 3 heterocycles. The first-order valence-corrected chi connectivity index (χ1v) is 9.79. The van der Waals surface area contributed by atoms with Crippen LogP contribution in [0.2, 0.25) is 0 Å². The highest BCUT2D eigenvalue weighted by atomic mass is 19.1. The van der Waals surface area contributed by atoms with Crippen molar-refractivity contribution in [1.29, 1.82) is 0 Å². The smallest absolute Gasteiger partial charge is 0.341 e. The van der Waals surface area contributed by atoms with E-state index in [-0.39, 0.29) is 18.5 Å². The van der Waals surface area contributed by atoms with Crippen LogP contribution in [0.25, 0.3) is 6.08 Å². The lowest BCUT2D eigenvalue weighted by molar-refractivity contribution is -0.118. The van der Waals surface area contributed by atoms with E-state index in [2.05, 4.69) is 10.4 Å². The van der Waals surface area contributed by atoms with Gasteiger partial charge in [-0.25, -0.2) is 18.6 Å². The molecule has 1 atom stereocenters. The minimum Gasteiger partial charge on any atom is -0.482 e. The van der Waals surface area contributed by atoms with E-state index in [0.717, 1.165) is 17.2 Å². The number of likely N-dealkylation sites (tertiary alicyclic amines) is 1. The summed E-state index contributed by atoms with van der Waals surface area (Å²) >= 11 is 0. The van der Waals surface area contributed by atoms with Crippen LogP contribution in [-0.2, 0) is 4.79 Å². The molecule has 7 nitrogen and oxygen atoms in total. The van der Waals surface area contributed by atoms with Crippen molar-refractivity contribution < 1.29 is 23.1 Å². The van der Waals surface area contributed by atoms with Crippen LogP contribution in [0.4, 0.5) is 19.3 Å². The number of fused-ring (bicyclic) bond motifs is 1. The van der Waals surface area contributed by atoms with Crippen molar-refractivity contribution in [2.45, 2.75) is 12.5 Å². The minimum absolute atomic E-state index is 0.00669. The van der Waals surface area contributed by atoms with Gasteiger partial charge in [0, 0.05) is 31.8 Å². The maximum atomic E-state index is 13.6. The summed E-state index contributed by atoms with van der Waals surface area (Å²) in [7, 11) is 0. The summed E-state index contributed by atoms with van der Waals surface area (Å²) in [6.45, 7) is 0.858. The lowest BCUT2D eigenvalue weighted by Crippen LogP contribution is -2.49. The van der Waals surface area contributed by atoms with Gasteiger partial charge in [0.05, 0.1) is 11.7 Å². The third-order valence-corrected chi connectivity index (χ3v) is 5.36. The molecule has 0 radical (unpaired) electrons. The number of carbonyl (C=O) groups is 2. The van der Waals surface area contributed by atoms with Gasteiger partial charge in [-0.05, 0) is 41.0 Å². The van der Waals surface area contributed by atoms with E-state index in [1.54, 1.807) is 17.2 Å². The van der Waals surface area contributed by atoms with Gasteiger partial charge in [0.15, 0.2) is 6.61 Å². The molecule has 0 aromatic heterocycles. The Bertz CT molecular complexity index is 1120. The average molecular weight is 424 g/mol. The number of carbonyl (C=O) groups excluding carboxylic acids is 2. The Morgan fingerprint density at radius 3 is 2.71 bits per heavy atom. The molecule has 3 aliphatic rings. The Labute approximate surface area is 176 Å². The van der Waals surface area contributed by atoms with Crippen LogP contribution >= 0.6 is 0 Å². The number of hydrogen-bond acceptors (Lipinski definition) is 4. The van der Waals surface area contributed by atoms with Gasteiger partial charge in [0.1, 0.15) is 17.4 Å². The normalized spacial score (nSPS) is 19.5. The van der Waals surface area contributed by atoms with Gasteiger partial charge in [-0.1, -0.05) is 12.1 Å². The van der Waals surface area contributed by atoms with E-state index in [4.69, 9.17) is 4.74 Å². The number of rotatable bonds is 2. The highest BCUT2D eigenvalue weighted by Gasteiger charge is 2.35. The third-order valence-electron chi connectivity index (χ3n) is 5.36. The molecule has 2 aromatic rings. The van der Waals surface area contributed by atoms with Crippen molar-refractivity contribution >= 4 is 29.9 Å². The molecule has 0 bridgehead atoms. The highest BCUT2D eigenvalue weighted by molar-refractivity contribution is 5.95. The molecule has 9 heteroatoms. The summed E-state index contributed by atoms with van der Waals surface area (Å²) < 4.78 is 32.5. The summed E-state index contributed by atoms with van der Waals surface area (Å²) in [5.41, 5.74) is 2.92. The first kappa shape index (κ1) is 19.2. The second-order valence-electron chi connectivity index (χ2n) is 7.63. The van der Waals surface area contributed by atoms with E-state index in [9.17, 15) is 18.4 Å². The van der Waals surface area contributed by atoms with Crippen LogP contribution in [0, 0.1) is 11.6 Å². The monoisotopic (exact) mass is 424 g/mol. The van der Waals surface area contributed by atoms with Crippen LogP contribution in [0.5, 0.6) is 5.75 Å². The number of benzene rings is 2. The predicted octanol–water partition coefficient (Wildman–Crippen LogP) is 3.55. The van der Waals surface area contributed by atoms with Gasteiger partial charge in [-0.15, -0.1) is 0 Å². The Kier molecular flexibility index (Phi) is 4.65. The standard InChI is InChI=1S/C22H18F2N4O3/c23-16-7-15(8-17(24)9-16)19-3-4-25-28(19)22(30)27-10-14(11-27)5-13-1-2-20-18(6-13)26-21(29)12-31-20/h1-2,4-9,19H,3,10-12H2,(H,26,29)/t19-/m0/s1. The second kappa shape index (κ2) is 7.50. The van der Waals surface area contributed by atoms with Gasteiger partial charge in [-0.2, -0.15) is 5.10 Å². The SMILES string of the molecule is O=C1COc2ccc(C=C3CN(C(=O)N4N=CC[C@H]4c4cc(F)cc(F)c4)C3)cc2N1. The van der Waals surface area contributed by atoms with E-state index >= 15 is 0 Å². The zero-order chi connectivity index (χ0) is 21.5. The first-order chi connectivity index (χ1) is 15.0. The van der Waals surface area contributed by atoms with Crippen molar-refractivity contribution in [3.8, 4) is 5.75 Å². The number of nitrogens with one attached hydrogen (secondary N) is 1. The Morgan fingerprint density at radius 2 is 1.94 bits per heavy atom. The van der Waals surface area contributed by atoms with Crippen LogP contribution < -0.4 is 10.1 Å². The summed E-state index contributed by atoms with van der Waals surface area (Å²) in [5, 5.41) is 8.16. The Morgan fingerprint density at radius 1 is 1.16 bits per heavy atom. The molecular weight excluding hydrogens is 406 g/mol. The van der Waals surface area contributed by atoms with Crippen LogP contribution in [0.1, 0.15) is 23.6 Å². The van der Waals surface area contributed by atoms with Crippen molar-refractivity contribution in [2.75, 3.05) is 25.0 Å². The fraction of sp³-hybridized carbons (Fsp3) is 0.227. The Hall–Kier alpha value is -3.75. The molecule has 5 rings (SSSR count). The van der Waals surface area contributed by atoms with Gasteiger partial charge in [0.2, 0.25) is 0 Å². The number of hydrogen-bond donors (Lipinski definition) is 1. The van der Waals surface area contributed by atoms with Gasteiger partial charge in [-0.3, -0.25) is 4.79 Å². The lowest BCUT2D eigenvalue weighted by atomic mass is 10.0. The second-order valence-corrected chi connectivity index (χ2v) is 7.63. The Balaban J connectivity index is 1.26. The highest BCUT2D eigenvalue weighted by Crippen LogP contribution is 2.33. The van der Waals surface area contributed by atoms with Gasteiger partial charge in [0.25, 0.3) is 5.91 Å². The summed E-state index contributed by atoms with van der Waals surface area (Å²) in [6, 6.07) is 7.91. The van der Waals surface area contributed by atoms with E-state index in [0.29, 0.717) is 36.5 Å². The summed E-state index contributed by atoms with van der Waals surface area (Å²) in [4.78, 5) is 26.0. The molecule has 1 saturated heterocycles. The molecule has 0 spiro atoms. The molecule has 0 unspecified atom stereocenters. The van der Waals surface area contributed by atoms with Crippen molar-refractivity contribution in [1.82, 2.24) is 9.91 Å². The first-order valence-electron chi connectivity index (χ1n) is 9.79. The maximum absolute atomic E-state index is 13.6. The van der Waals surface area contributed by atoms with Crippen molar-refractivity contribution in [3.63, 3.8) is 0 Å². The molecule has 2 aromatic carbocycles. The number of hydrazone groups is 1. The fourth-order valence-electron chi connectivity index (χ4n) is 3.88. The number of halogens is 2. The maximum Gasteiger partial charge on any atom is 0.341 e. The van der Waals surface area contributed by atoms with Gasteiger partial charge >= 0.3 is 6.03 Å². The number of nitrogens with zero attached hydrogens (tertiary/aromatic N) is 3. The molecule has 1 N–H and O–H groups in total.